The van der Waals surface area contributed by atoms with Crippen LogP contribution in [0, 0.1) is 6.92 Å². The third-order valence-corrected chi connectivity index (χ3v) is 3.34. The van der Waals surface area contributed by atoms with Gasteiger partial charge >= 0.3 is 0 Å². The van der Waals surface area contributed by atoms with E-state index in [4.69, 9.17) is 0 Å². The van der Waals surface area contributed by atoms with E-state index in [1.165, 1.54) is 0 Å². The second kappa shape index (κ2) is 7.33. The molecule has 130 valence electrons. The predicted octanol–water partition coefficient (Wildman–Crippen LogP) is 1.22. The number of aryl methyl sites for hydroxylation is 1. The summed E-state index contributed by atoms with van der Waals surface area (Å²) >= 11 is 0. The highest BCUT2D eigenvalue weighted by atomic mass is 16.2. The van der Waals surface area contributed by atoms with Crippen molar-refractivity contribution in [2.24, 2.45) is 4.99 Å². The average Bonchev–Trinajstić information content (AvgIpc) is 2.90. The lowest BCUT2D eigenvalue weighted by Crippen LogP contribution is -2.48. The molecule has 0 radical (unpaired) electrons. The van der Waals surface area contributed by atoms with Crippen molar-refractivity contribution < 1.29 is 4.79 Å². The number of carbonyl (C=O) groups is 1. The van der Waals surface area contributed by atoms with Gasteiger partial charge in [0.25, 0.3) is 0 Å². The van der Waals surface area contributed by atoms with Gasteiger partial charge in [-0.2, -0.15) is 0 Å². The van der Waals surface area contributed by atoms with Crippen LogP contribution in [0.1, 0.15) is 32.2 Å². The Bertz CT molecular complexity index is 741. The number of aromatic nitrogens is 2. The molecule has 3 N–H and O–H groups in total. The second-order valence-corrected chi connectivity index (χ2v) is 6.71. The first-order valence-electron chi connectivity index (χ1n) is 7.97. The van der Waals surface area contributed by atoms with Crippen LogP contribution in [0.15, 0.2) is 29.4 Å². The fraction of sp³-hybridized carbons (Fsp3) is 0.471. The van der Waals surface area contributed by atoms with Crippen LogP contribution < -0.4 is 16.0 Å². The van der Waals surface area contributed by atoms with Crippen LogP contribution in [0.2, 0.25) is 0 Å². The van der Waals surface area contributed by atoms with Crippen molar-refractivity contribution in [2.45, 2.75) is 39.8 Å². The molecule has 2 heterocycles. The van der Waals surface area contributed by atoms with Crippen molar-refractivity contribution in [3.05, 3.63) is 35.8 Å². The Morgan fingerprint density at radius 1 is 1.29 bits per heavy atom. The van der Waals surface area contributed by atoms with Crippen LogP contribution in [0.3, 0.4) is 0 Å². The normalized spacial score (nSPS) is 12.3. The molecule has 2 aromatic rings. The maximum atomic E-state index is 11.8. The monoisotopic (exact) mass is 330 g/mol. The van der Waals surface area contributed by atoms with Crippen molar-refractivity contribution in [1.29, 1.82) is 0 Å². The standard InChI is InChI=1S/C17H26N6O/c1-12-7-6-8-14-21-13(11-23(12)14)9-19-16(18-5)20-10-15(24)22-17(2,3)4/h6-8,11H,9-10H2,1-5H3,(H,22,24)(H2,18,19,20). The van der Waals surface area contributed by atoms with Gasteiger partial charge in [-0.3, -0.25) is 9.79 Å². The fourth-order valence-corrected chi connectivity index (χ4v) is 2.31. The highest BCUT2D eigenvalue weighted by molar-refractivity contribution is 5.86. The summed E-state index contributed by atoms with van der Waals surface area (Å²) in [5.41, 5.74) is 2.71. The number of rotatable bonds is 4. The van der Waals surface area contributed by atoms with Crippen LogP contribution in [-0.4, -0.2) is 40.4 Å². The van der Waals surface area contributed by atoms with Crippen LogP contribution in [0.5, 0.6) is 0 Å². The van der Waals surface area contributed by atoms with E-state index in [2.05, 4.69) is 25.9 Å². The van der Waals surface area contributed by atoms with Gasteiger partial charge in [0, 0.05) is 24.5 Å². The Balaban J connectivity index is 1.89. The van der Waals surface area contributed by atoms with Crippen LogP contribution in [-0.2, 0) is 11.3 Å². The molecule has 0 aliphatic rings. The average molecular weight is 330 g/mol. The van der Waals surface area contributed by atoms with Gasteiger partial charge in [-0.25, -0.2) is 4.98 Å². The van der Waals surface area contributed by atoms with Crippen LogP contribution in [0.4, 0.5) is 0 Å². The minimum atomic E-state index is -0.246. The van der Waals surface area contributed by atoms with Gasteiger partial charge in [0.05, 0.1) is 18.8 Å². The van der Waals surface area contributed by atoms with Gasteiger partial charge in [-0.15, -0.1) is 0 Å². The SMILES string of the molecule is CN=C(NCC(=O)NC(C)(C)C)NCc1cn2c(C)cccc2n1. The molecule has 0 unspecified atom stereocenters. The topological polar surface area (TPSA) is 82.8 Å². The van der Waals surface area contributed by atoms with Gasteiger partial charge in [-0.1, -0.05) is 6.07 Å². The van der Waals surface area contributed by atoms with E-state index in [0.29, 0.717) is 12.5 Å². The Morgan fingerprint density at radius 2 is 2.04 bits per heavy atom. The predicted molar refractivity (Wildman–Crippen MR) is 96.0 cm³/mol. The zero-order chi connectivity index (χ0) is 17.7. The van der Waals surface area contributed by atoms with E-state index in [9.17, 15) is 4.79 Å². The molecular formula is C17H26N6O. The van der Waals surface area contributed by atoms with Gasteiger partial charge in [0.1, 0.15) is 5.65 Å². The highest BCUT2D eigenvalue weighted by Crippen LogP contribution is 2.08. The number of guanidine groups is 1. The molecule has 0 fully saturated rings. The Kier molecular flexibility index (Phi) is 5.43. The number of fused-ring (bicyclic) bond motifs is 1. The summed E-state index contributed by atoms with van der Waals surface area (Å²) in [4.78, 5) is 20.5. The third kappa shape index (κ3) is 4.97. The quantitative estimate of drug-likeness (QED) is 0.581. The lowest BCUT2D eigenvalue weighted by atomic mass is 10.1. The van der Waals surface area contributed by atoms with Crippen molar-refractivity contribution >= 4 is 17.5 Å². The Hall–Kier alpha value is -2.57. The minimum Gasteiger partial charge on any atom is -0.351 e. The molecule has 0 atom stereocenters. The van der Waals surface area contributed by atoms with E-state index in [1.54, 1.807) is 7.05 Å². The van der Waals surface area contributed by atoms with Gasteiger partial charge in [0.2, 0.25) is 5.91 Å². The molecule has 0 bridgehead atoms. The molecule has 7 heteroatoms. The van der Waals surface area contributed by atoms with Crippen molar-refractivity contribution in [2.75, 3.05) is 13.6 Å². The Labute approximate surface area is 142 Å². The fourth-order valence-electron chi connectivity index (χ4n) is 2.31. The molecular weight excluding hydrogens is 304 g/mol. The Morgan fingerprint density at radius 3 is 2.67 bits per heavy atom. The number of nitrogens with one attached hydrogen (secondary N) is 3. The summed E-state index contributed by atoms with van der Waals surface area (Å²) < 4.78 is 2.05. The number of amides is 1. The number of carbonyl (C=O) groups excluding carboxylic acids is 1. The lowest BCUT2D eigenvalue weighted by Gasteiger charge is -2.21. The molecule has 0 aliphatic carbocycles. The first-order chi connectivity index (χ1) is 11.3. The second-order valence-electron chi connectivity index (χ2n) is 6.71. The van der Waals surface area contributed by atoms with E-state index >= 15 is 0 Å². The first-order valence-corrected chi connectivity index (χ1v) is 7.97. The smallest absolute Gasteiger partial charge is 0.239 e. The van der Waals surface area contributed by atoms with E-state index in [1.807, 2.05) is 56.5 Å². The number of aliphatic imine (C=N–C) groups is 1. The maximum Gasteiger partial charge on any atom is 0.239 e. The van der Waals surface area contributed by atoms with E-state index in [0.717, 1.165) is 17.0 Å². The highest BCUT2D eigenvalue weighted by Gasteiger charge is 2.13. The number of pyridine rings is 1. The summed E-state index contributed by atoms with van der Waals surface area (Å²) in [6.45, 7) is 8.58. The zero-order valence-electron chi connectivity index (χ0n) is 15.0. The summed E-state index contributed by atoms with van der Waals surface area (Å²) in [6, 6.07) is 6.00. The van der Waals surface area contributed by atoms with Crippen molar-refractivity contribution in [3.63, 3.8) is 0 Å². The van der Waals surface area contributed by atoms with Crippen LogP contribution >= 0.6 is 0 Å². The van der Waals surface area contributed by atoms with Crippen molar-refractivity contribution in [1.82, 2.24) is 25.3 Å². The van der Waals surface area contributed by atoms with Crippen LogP contribution in [0.25, 0.3) is 5.65 Å². The summed E-state index contributed by atoms with van der Waals surface area (Å²) in [5.74, 6) is 0.488. The van der Waals surface area contributed by atoms with E-state index < -0.39 is 0 Å². The van der Waals surface area contributed by atoms with Gasteiger partial charge in [0.15, 0.2) is 5.96 Å². The van der Waals surface area contributed by atoms with Gasteiger partial charge in [-0.05, 0) is 39.8 Å². The number of imidazole rings is 1. The summed E-state index contributed by atoms with van der Waals surface area (Å²) in [7, 11) is 1.67. The molecule has 2 rings (SSSR count). The molecule has 24 heavy (non-hydrogen) atoms. The number of hydrogen-bond acceptors (Lipinski definition) is 3. The largest absolute Gasteiger partial charge is 0.351 e. The lowest BCUT2D eigenvalue weighted by molar-refractivity contribution is -0.121. The molecule has 0 saturated heterocycles. The minimum absolute atomic E-state index is 0.0752. The number of nitrogens with zero attached hydrogens (tertiary/aromatic N) is 3. The maximum absolute atomic E-state index is 11.8. The van der Waals surface area contributed by atoms with Crippen molar-refractivity contribution in [3.8, 4) is 0 Å². The zero-order valence-corrected chi connectivity index (χ0v) is 15.0. The summed E-state index contributed by atoms with van der Waals surface area (Å²) in [6.07, 6.45) is 2.00. The molecule has 0 aromatic carbocycles. The van der Waals surface area contributed by atoms with E-state index in [-0.39, 0.29) is 18.0 Å². The number of hydrogen-bond donors (Lipinski definition) is 3. The molecule has 0 saturated carbocycles. The summed E-state index contributed by atoms with van der Waals surface area (Å²) in [5, 5.41) is 9.06. The molecule has 7 nitrogen and oxygen atoms in total. The third-order valence-electron chi connectivity index (χ3n) is 3.34. The molecule has 1 amide bonds. The molecule has 0 aliphatic heterocycles. The molecule has 2 aromatic heterocycles. The first kappa shape index (κ1) is 17.8. The van der Waals surface area contributed by atoms with Gasteiger partial charge < -0.3 is 20.4 Å². The molecule has 0 spiro atoms.